The first-order valence-electron chi connectivity index (χ1n) is 5.53. The van der Waals surface area contributed by atoms with Crippen molar-refractivity contribution in [2.45, 2.75) is 13.0 Å². The van der Waals surface area contributed by atoms with Crippen LogP contribution in [0.4, 0.5) is 0 Å². The number of benzene rings is 1. The van der Waals surface area contributed by atoms with E-state index in [1.54, 1.807) is 11.3 Å². The zero-order valence-electron chi connectivity index (χ0n) is 9.71. The van der Waals surface area contributed by atoms with Crippen LogP contribution in [0.2, 0.25) is 0 Å². The fourth-order valence-corrected chi connectivity index (χ4v) is 4.37. The van der Waals surface area contributed by atoms with E-state index in [9.17, 15) is 0 Å². The summed E-state index contributed by atoms with van der Waals surface area (Å²) < 4.78 is 3.57. The van der Waals surface area contributed by atoms with Crippen molar-refractivity contribution in [1.82, 2.24) is 5.32 Å². The normalized spacial score (nSPS) is 12.7. The molecule has 0 aliphatic carbocycles. The second kappa shape index (κ2) is 6.83. The molecule has 0 amide bonds. The molecule has 0 bridgehead atoms. The third-order valence-corrected chi connectivity index (χ3v) is 5.78. The summed E-state index contributed by atoms with van der Waals surface area (Å²) in [4.78, 5) is 0. The Hall–Kier alpha value is 0.570. The maximum Gasteiger partial charge on any atom is 0.0607 e. The molecule has 1 N–H and O–H groups in total. The second-order valence-corrected chi connectivity index (χ2v) is 7.53. The summed E-state index contributed by atoms with van der Waals surface area (Å²) in [6, 6.07) is 6.67. The predicted molar refractivity (Wildman–Crippen MR) is 94.4 cm³/mol. The molecule has 0 saturated carbocycles. The third kappa shape index (κ3) is 3.36. The van der Waals surface area contributed by atoms with Crippen molar-refractivity contribution in [2.75, 3.05) is 6.54 Å². The Morgan fingerprint density at radius 1 is 1.22 bits per heavy atom. The van der Waals surface area contributed by atoms with E-state index >= 15 is 0 Å². The van der Waals surface area contributed by atoms with Crippen molar-refractivity contribution in [2.24, 2.45) is 0 Å². The Kier molecular flexibility index (Phi) is 5.68. The molecule has 2 rings (SSSR count). The lowest BCUT2D eigenvalue weighted by Gasteiger charge is -2.20. The Balaban J connectivity index is 2.48. The van der Waals surface area contributed by atoms with Crippen molar-refractivity contribution < 1.29 is 0 Å². The van der Waals surface area contributed by atoms with Gasteiger partial charge < -0.3 is 5.32 Å². The molecule has 0 radical (unpaired) electrons. The monoisotopic (exact) mass is 499 g/mol. The summed E-state index contributed by atoms with van der Waals surface area (Å²) in [6.45, 7) is 3.07. The van der Waals surface area contributed by atoms with Crippen LogP contribution in [0, 0.1) is 3.57 Å². The van der Waals surface area contributed by atoms with E-state index in [1.165, 1.54) is 19.2 Å². The minimum absolute atomic E-state index is 0.222. The number of thiophene rings is 1. The highest BCUT2D eigenvalue weighted by Gasteiger charge is 2.19. The first-order valence-corrected chi connectivity index (χ1v) is 9.14. The minimum Gasteiger partial charge on any atom is -0.306 e. The maximum atomic E-state index is 3.66. The van der Waals surface area contributed by atoms with Crippen LogP contribution in [0.15, 0.2) is 37.9 Å². The molecular weight excluding hydrogens is 489 g/mol. The standard InChI is InChI=1S/C13H12Br2INS/c1-2-17-13(10-6-18-7-12(10)15)9-5-8(16)3-4-11(9)14/h3-7,13,17H,2H2,1H3. The predicted octanol–water partition coefficient (Wildman–Crippen LogP) is 5.58. The van der Waals surface area contributed by atoms with Crippen molar-refractivity contribution >= 4 is 65.8 Å². The molecule has 0 saturated heterocycles. The molecule has 1 atom stereocenters. The van der Waals surface area contributed by atoms with Crippen LogP contribution in [0.1, 0.15) is 24.1 Å². The average molecular weight is 501 g/mol. The summed E-state index contributed by atoms with van der Waals surface area (Å²) in [5.41, 5.74) is 2.58. The molecule has 5 heteroatoms. The first kappa shape index (κ1) is 15.0. The number of nitrogens with one attached hydrogen (secondary N) is 1. The first-order chi connectivity index (χ1) is 8.63. The number of hydrogen-bond acceptors (Lipinski definition) is 2. The Labute approximate surface area is 142 Å². The Morgan fingerprint density at radius 3 is 2.61 bits per heavy atom. The lowest BCUT2D eigenvalue weighted by molar-refractivity contribution is 0.628. The topological polar surface area (TPSA) is 12.0 Å². The van der Waals surface area contributed by atoms with Gasteiger partial charge in [-0.05, 0) is 79.8 Å². The molecule has 0 aliphatic heterocycles. The molecule has 1 unspecified atom stereocenters. The quantitative estimate of drug-likeness (QED) is 0.541. The third-order valence-electron chi connectivity index (χ3n) is 2.63. The van der Waals surface area contributed by atoms with Crippen LogP contribution in [-0.2, 0) is 0 Å². The zero-order valence-corrected chi connectivity index (χ0v) is 15.9. The summed E-state index contributed by atoms with van der Waals surface area (Å²) in [6.07, 6.45) is 0. The number of halogens is 3. The van der Waals surface area contributed by atoms with Crippen molar-refractivity contribution in [3.63, 3.8) is 0 Å². The van der Waals surface area contributed by atoms with Gasteiger partial charge in [0.05, 0.1) is 6.04 Å². The summed E-state index contributed by atoms with van der Waals surface area (Å²) >= 11 is 11.4. The van der Waals surface area contributed by atoms with Gasteiger partial charge in [0.1, 0.15) is 0 Å². The lowest BCUT2D eigenvalue weighted by atomic mass is 10.0. The molecule has 2 aromatic rings. The van der Waals surface area contributed by atoms with Gasteiger partial charge in [-0.2, -0.15) is 11.3 Å². The van der Waals surface area contributed by atoms with Gasteiger partial charge in [-0.15, -0.1) is 0 Å². The molecule has 18 heavy (non-hydrogen) atoms. The van der Waals surface area contributed by atoms with E-state index in [-0.39, 0.29) is 6.04 Å². The van der Waals surface area contributed by atoms with Crippen LogP contribution in [-0.4, -0.2) is 6.54 Å². The Morgan fingerprint density at radius 2 is 2.00 bits per heavy atom. The number of rotatable bonds is 4. The van der Waals surface area contributed by atoms with Gasteiger partial charge >= 0.3 is 0 Å². The average Bonchev–Trinajstić information content (AvgIpc) is 2.76. The molecule has 1 aromatic carbocycles. The molecule has 0 aliphatic rings. The highest BCUT2D eigenvalue weighted by Crippen LogP contribution is 2.35. The largest absolute Gasteiger partial charge is 0.306 e. The highest BCUT2D eigenvalue weighted by molar-refractivity contribution is 14.1. The molecule has 96 valence electrons. The Bertz CT molecular complexity index is 542. The molecule has 0 spiro atoms. The van der Waals surface area contributed by atoms with Gasteiger partial charge in [0.25, 0.3) is 0 Å². The van der Waals surface area contributed by atoms with Gasteiger partial charge in [0.15, 0.2) is 0 Å². The molecule has 0 fully saturated rings. The minimum atomic E-state index is 0.222. The van der Waals surface area contributed by atoms with Crippen LogP contribution >= 0.6 is 65.8 Å². The summed E-state index contributed by atoms with van der Waals surface area (Å²) in [5, 5.41) is 7.88. The molecule has 1 nitrogen and oxygen atoms in total. The van der Waals surface area contributed by atoms with E-state index in [0.717, 1.165) is 11.0 Å². The zero-order chi connectivity index (χ0) is 13.1. The van der Waals surface area contributed by atoms with E-state index in [1.807, 2.05) is 0 Å². The van der Waals surface area contributed by atoms with Gasteiger partial charge in [-0.25, -0.2) is 0 Å². The van der Waals surface area contributed by atoms with E-state index < -0.39 is 0 Å². The van der Waals surface area contributed by atoms with E-state index in [4.69, 9.17) is 0 Å². The maximum absolute atomic E-state index is 3.66. The fourth-order valence-electron chi connectivity index (χ4n) is 1.82. The highest BCUT2D eigenvalue weighted by atomic mass is 127. The molecule has 1 aromatic heterocycles. The molecular formula is C13H12Br2INS. The van der Waals surface area contributed by atoms with Crippen LogP contribution in [0.3, 0.4) is 0 Å². The second-order valence-electron chi connectivity index (χ2n) is 3.83. The SMILES string of the molecule is CCNC(c1cscc1Br)c1cc(I)ccc1Br. The molecule has 1 heterocycles. The number of hydrogen-bond donors (Lipinski definition) is 1. The van der Waals surface area contributed by atoms with Gasteiger partial charge in [-0.3, -0.25) is 0 Å². The van der Waals surface area contributed by atoms with Crippen molar-refractivity contribution in [1.29, 1.82) is 0 Å². The smallest absolute Gasteiger partial charge is 0.0607 e. The van der Waals surface area contributed by atoms with Crippen LogP contribution in [0.25, 0.3) is 0 Å². The van der Waals surface area contributed by atoms with Gasteiger partial charge in [0, 0.05) is 17.9 Å². The van der Waals surface area contributed by atoms with Gasteiger partial charge in [0.2, 0.25) is 0 Å². The summed E-state index contributed by atoms with van der Waals surface area (Å²) in [5.74, 6) is 0. The van der Waals surface area contributed by atoms with Crippen LogP contribution < -0.4 is 5.32 Å². The fraction of sp³-hybridized carbons (Fsp3) is 0.231. The van der Waals surface area contributed by atoms with Crippen LogP contribution in [0.5, 0.6) is 0 Å². The van der Waals surface area contributed by atoms with E-state index in [2.05, 4.69) is 95.7 Å². The van der Waals surface area contributed by atoms with E-state index in [0.29, 0.717) is 0 Å². The van der Waals surface area contributed by atoms with Crippen molar-refractivity contribution in [3.8, 4) is 0 Å². The summed E-state index contributed by atoms with van der Waals surface area (Å²) in [7, 11) is 0. The van der Waals surface area contributed by atoms with Gasteiger partial charge in [-0.1, -0.05) is 22.9 Å². The lowest BCUT2D eigenvalue weighted by Crippen LogP contribution is -2.22. The van der Waals surface area contributed by atoms with Crippen molar-refractivity contribution in [3.05, 3.63) is 52.6 Å².